The molecule has 0 aromatic heterocycles. The van der Waals surface area contributed by atoms with Crippen molar-refractivity contribution in [2.45, 2.75) is 33.3 Å². The summed E-state index contributed by atoms with van der Waals surface area (Å²) in [5.41, 5.74) is 3.04. The van der Waals surface area contributed by atoms with Crippen LogP contribution in [0.5, 0.6) is 5.75 Å². The van der Waals surface area contributed by atoms with Crippen LogP contribution in [0.25, 0.3) is 0 Å². The Hall–Kier alpha value is -1.03. The van der Waals surface area contributed by atoms with Crippen LogP contribution in [0.3, 0.4) is 0 Å². The van der Waals surface area contributed by atoms with E-state index in [0.717, 1.165) is 27.0 Å². The standard InChI is InChI=1S/C13H16BrNO2/c1-7-5-10-13(9(3)12(7)14)15(4)11(16)6-8(2)17-10/h5,8H,6H2,1-4H3. The highest BCUT2D eigenvalue weighted by Gasteiger charge is 2.27. The number of carbonyl (C=O) groups excluding carboxylic acids is 1. The molecule has 4 heteroatoms. The number of hydrogen-bond donors (Lipinski definition) is 0. The normalized spacial score (nSPS) is 19.7. The van der Waals surface area contributed by atoms with Crippen LogP contribution >= 0.6 is 15.9 Å². The zero-order valence-corrected chi connectivity index (χ0v) is 12.1. The number of halogens is 1. The lowest BCUT2D eigenvalue weighted by Crippen LogP contribution is -2.27. The Bertz CT molecular complexity index is 485. The molecule has 1 aromatic rings. The first kappa shape index (κ1) is 12.4. The van der Waals surface area contributed by atoms with E-state index in [0.29, 0.717) is 6.42 Å². The topological polar surface area (TPSA) is 29.5 Å². The highest BCUT2D eigenvalue weighted by molar-refractivity contribution is 9.10. The maximum absolute atomic E-state index is 12.0. The Morgan fingerprint density at radius 3 is 2.76 bits per heavy atom. The molecule has 1 amide bonds. The van der Waals surface area contributed by atoms with E-state index in [1.807, 2.05) is 26.8 Å². The van der Waals surface area contributed by atoms with Crippen LogP contribution in [0.1, 0.15) is 24.5 Å². The molecule has 17 heavy (non-hydrogen) atoms. The number of rotatable bonds is 0. The van der Waals surface area contributed by atoms with Crippen molar-refractivity contribution in [2.24, 2.45) is 0 Å². The first-order valence-corrected chi connectivity index (χ1v) is 6.44. The lowest BCUT2D eigenvalue weighted by atomic mass is 10.1. The molecule has 0 fully saturated rings. The van der Waals surface area contributed by atoms with Crippen molar-refractivity contribution in [2.75, 3.05) is 11.9 Å². The van der Waals surface area contributed by atoms with Crippen LogP contribution in [0.2, 0.25) is 0 Å². The molecule has 92 valence electrons. The van der Waals surface area contributed by atoms with Crippen molar-refractivity contribution in [3.05, 3.63) is 21.7 Å². The van der Waals surface area contributed by atoms with E-state index in [-0.39, 0.29) is 12.0 Å². The van der Waals surface area contributed by atoms with Crippen LogP contribution in [-0.2, 0) is 4.79 Å². The van der Waals surface area contributed by atoms with E-state index in [1.165, 1.54) is 0 Å². The SMILES string of the molecule is Cc1cc2c(c(C)c1Br)N(C)C(=O)CC(C)O2. The van der Waals surface area contributed by atoms with Crippen LogP contribution in [-0.4, -0.2) is 19.1 Å². The number of anilines is 1. The van der Waals surface area contributed by atoms with E-state index >= 15 is 0 Å². The number of carbonyl (C=O) groups is 1. The number of fused-ring (bicyclic) bond motifs is 1. The van der Waals surface area contributed by atoms with Gasteiger partial charge in [0.2, 0.25) is 5.91 Å². The summed E-state index contributed by atoms with van der Waals surface area (Å²) in [5.74, 6) is 0.888. The quantitative estimate of drug-likeness (QED) is 0.736. The van der Waals surface area contributed by atoms with Crippen molar-refractivity contribution in [1.82, 2.24) is 0 Å². The zero-order chi connectivity index (χ0) is 12.7. The molecular formula is C13H16BrNO2. The monoisotopic (exact) mass is 297 g/mol. The van der Waals surface area contributed by atoms with E-state index < -0.39 is 0 Å². The van der Waals surface area contributed by atoms with Gasteiger partial charge < -0.3 is 9.64 Å². The van der Waals surface area contributed by atoms with Gasteiger partial charge in [0.1, 0.15) is 11.9 Å². The Morgan fingerprint density at radius 2 is 2.12 bits per heavy atom. The molecule has 0 radical (unpaired) electrons. The average Bonchev–Trinajstić information content (AvgIpc) is 2.34. The summed E-state index contributed by atoms with van der Waals surface area (Å²) in [6.45, 7) is 5.95. The minimum Gasteiger partial charge on any atom is -0.488 e. The molecule has 0 saturated carbocycles. The molecule has 2 rings (SSSR count). The first-order valence-electron chi connectivity index (χ1n) is 5.64. The van der Waals surface area contributed by atoms with Gasteiger partial charge in [-0.2, -0.15) is 0 Å². The van der Waals surface area contributed by atoms with Gasteiger partial charge in [0.15, 0.2) is 0 Å². The highest BCUT2D eigenvalue weighted by atomic mass is 79.9. The van der Waals surface area contributed by atoms with E-state index in [1.54, 1.807) is 11.9 Å². The summed E-state index contributed by atoms with van der Waals surface area (Å²) in [6.07, 6.45) is 0.340. The number of amides is 1. The van der Waals surface area contributed by atoms with Gasteiger partial charge in [0.25, 0.3) is 0 Å². The molecular weight excluding hydrogens is 282 g/mol. The van der Waals surface area contributed by atoms with Crippen LogP contribution in [0.4, 0.5) is 5.69 Å². The minimum atomic E-state index is -0.0776. The smallest absolute Gasteiger partial charge is 0.230 e. The first-order chi connectivity index (χ1) is 7.91. The third kappa shape index (κ3) is 2.06. The van der Waals surface area contributed by atoms with Crippen LogP contribution in [0, 0.1) is 13.8 Å². The van der Waals surface area contributed by atoms with Crippen molar-refractivity contribution in [1.29, 1.82) is 0 Å². The molecule has 1 unspecified atom stereocenters. The Kier molecular flexibility index (Phi) is 3.17. The second kappa shape index (κ2) is 4.33. The summed E-state index contributed by atoms with van der Waals surface area (Å²) in [5, 5.41) is 0. The summed E-state index contributed by atoms with van der Waals surface area (Å²) >= 11 is 3.55. The number of hydrogen-bond acceptors (Lipinski definition) is 2. The fraction of sp³-hybridized carbons (Fsp3) is 0.462. The van der Waals surface area contributed by atoms with Crippen LogP contribution < -0.4 is 9.64 Å². The third-order valence-electron chi connectivity index (χ3n) is 3.11. The van der Waals surface area contributed by atoms with Crippen LogP contribution in [0.15, 0.2) is 10.5 Å². The summed E-state index contributed by atoms with van der Waals surface area (Å²) in [6, 6.07) is 1.98. The summed E-state index contributed by atoms with van der Waals surface area (Å²) in [7, 11) is 1.80. The van der Waals surface area contributed by atoms with Gasteiger partial charge in [-0.05, 0) is 38.0 Å². The fourth-order valence-electron chi connectivity index (χ4n) is 2.19. The lowest BCUT2D eigenvalue weighted by molar-refractivity contribution is -0.119. The van der Waals surface area contributed by atoms with Gasteiger partial charge in [-0.3, -0.25) is 4.79 Å². The third-order valence-corrected chi connectivity index (χ3v) is 4.33. The molecule has 0 N–H and O–H groups in total. The molecule has 1 atom stereocenters. The number of benzene rings is 1. The molecule has 0 aliphatic carbocycles. The van der Waals surface area contributed by atoms with Crippen molar-refractivity contribution < 1.29 is 9.53 Å². The Labute approximate surface area is 110 Å². The molecule has 0 spiro atoms. The molecule has 1 aliphatic rings. The van der Waals surface area contributed by atoms with Gasteiger partial charge in [-0.1, -0.05) is 15.9 Å². The zero-order valence-electron chi connectivity index (χ0n) is 10.5. The number of nitrogens with zero attached hydrogens (tertiary/aromatic N) is 1. The molecule has 1 aliphatic heterocycles. The molecule has 3 nitrogen and oxygen atoms in total. The average molecular weight is 298 g/mol. The second-order valence-electron chi connectivity index (χ2n) is 4.56. The van der Waals surface area contributed by atoms with Gasteiger partial charge >= 0.3 is 0 Å². The fourth-order valence-corrected chi connectivity index (χ4v) is 2.49. The minimum absolute atomic E-state index is 0.0776. The van der Waals surface area contributed by atoms with Crippen molar-refractivity contribution in [3.63, 3.8) is 0 Å². The van der Waals surface area contributed by atoms with Gasteiger partial charge in [-0.15, -0.1) is 0 Å². The summed E-state index contributed by atoms with van der Waals surface area (Å²) in [4.78, 5) is 13.7. The summed E-state index contributed by atoms with van der Waals surface area (Å²) < 4.78 is 6.87. The van der Waals surface area contributed by atoms with Crippen molar-refractivity contribution >= 4 is 27.5 Å². The predicted octanol–water partition coefficient (Wildman–Crippen LogP) is 3.20. The van der Waals surface area contributed by atoms with Crippen molar-refractivity contribution in [3.8, 4) is 5.75 Å². The van der Waals surface area contributed by atoms with E-state index in [9.17, 15) is 4.79 Å². The number of aryl methyl sites for hydroxylation is 1. The lowest BCUT2D eigenvalue weighted by Gasteiger charge is -2.21. The van der Waals surface area contributed by atoms with Gasteiger partial charge in [0, 0.05) is 11.5 Å². The Balaban J connectivity index is 2.66. The van der Waals surface area contributed by atoms with Gasteiger partial charge in [0.05, 0.1) is 12.1 Å². The molecule has 1 heterocycles. The number of ether oxygens (including phenoxy) is 1. The molecule has 0 bridgehead atoms. The maximum Gasteiger partial charge on any atom is 0.230 e. The maximum atomic E-state index is 12.0. The van der Waals surface area contributed by atoms with Gasteiger partial charge in [-0.25, -0.2) is 0 Å². The van der Waals surface area contributed by atoms with E-state index in [4.69, 9.17) is 4.74 Å². The molecule has 0 saturated heterocycles. The highest BCUT2D eigenvalue weighted by Crippen LogP contribution is 2.40. The Morgan fingerprint density at radius 1 is 1.47 bits per heavy atom. The largest absolute Gasteiger partial charge is 0.488 e. The predicted molar refractivity (Wildman–Crippen MR) is 71.7 cm³/mol. The second-order valence-corrected chi connectivity index (χ2v) is 5.36. The molecule has 1 aromatic carbocycles. The van der Waals surface area contributed by atoms with E-state index in [2.05, 4.69) is 15.9 Å².